The SMILES string of the molecule is O=C(CCOCCOCCOCCOCCOCCOCCC(=O)ON1C(=O)CC(S(=O)(=O)O)C1=O)ON1C(=O)CCC1=O. The topological polar surface area (TPSA) is 237 Å². The van der Waals surface area contributed by atoms with Gasteiger partial charge in [-0.2, -0.15) is 8.42 Å². The molecular formula is C24H36N2O17S. The maximum Gasteiger partial charge on any atom is 0.335 e. The van der Waals surface area contributed by atoms with Gasteiger partial charge >= 0.3 is 11.9 Å². The molecule has 0 saturated carbocycles. The Hall–Kier alpha value is -3.11. The monoisotopic (exact) mass is 656 g/mol. The molecule has 1 N–H and O–H groups in total. The molecule has 2 aliphatic rings. The summed E-state index contributed by atoms with van der Waals surface area (Å²) in [6.45, 7) is 2.76. The van der Waals surface area contributed by atoms with Gasteiger partial charge in [0.05, 0.1) is 98.5 Å². The highest BCUT2D eigenvalue weighted by Crippen LogP contribution is 2.20. The molecule has 2 heterocycles. The quantitative estimate of drug-likeness (QED) is 0.0668. The zero-order valence-corrected chi connectivity index (χ0v) is 24.7. The van der Waals surface area contributed by atoms with Crippen LogP contribution in [-0.2, 0) is 77.0 Å². The Morgan fingerprint density at radius 2 is 0.932 bits per heavy atom. The van der Waals surface area contributed by atoms with Crippen molar-refractivity contribution in [3.63, 3.8) is 0 Å². The Labute approximate surface area is 252 Å². The summed E-state index contributed by atoms with van der Waals surface area (Å²) >= 11 is 0. The van der Waals surface area contributed by atoms with Crippen LogP contribution >= 0.6 is 0 Å². The van der Waals surface area contributed by atoms with Crippen molar-refractivity contribution in [2.75, 3.05) is 79.3 Å². The third-order valence-corrected chi connectivity index (χ3v) is 6.66. The largest absolute Gasteiger partial charge is 0.378 e. The van der Waals surface area contributed by atoms with Gasteiger partial charge in [0.2, 0.25) is 0 Å². The fraction of sp³-hybridized carbons (Fsp3) is 0.750. The minimum atomic E-state index is -4.79. The summed E-state index contributed by atoms with van der Waals surface area (Å²) in [5.74, 6) is -5.20. The van der Waals surface area contributed by atoms with Gasteiger partial charge in [-0.05, 0) is 0 Å². The minimum Gasteiger partial charge on any atom is -0.378 e. The highest BCUT2D eigenvalue weighted by molar-refractivity contribution is 7.87. The van der Waals surface area contributed by atoms with Crippen LogP contribution in [0.2, 0.25) is 0 Å². The Kier molecular flexibility index (Phi) is 16.9. The summed E-state index contributed by atoms with van der Waals surface area (Å²) in [7, 11) is -4.79. The predicted molar refractivity (Wildman–Crippen MR) is 139 cm³/mol. The standard InChI is InChI=1S/C24H36N2O17S/c27-19-1-2-20(28)25(19)42-22(30)3-5-36-7-9-38-11-13-40-15-16-41-14-12-39-10-8-37-6-4-23(31)43-26-21(29)17-18(24(26)32)44(33,34)35/h18H,1-17H2,(H,33,34,35). The van der Waals surface area contributed by atoms with E-state index in [1.165, 1.54) is 0 Å². The molecule has 0 radical (unpaired) electrons. The number of amides is 4. The third kappa shape index (κ3) is 14.1. The number of hydroxylamine groups is 4. The van der Waals surface area contributed by atoms with Gasteiger partial charge in [-0.3, -0.25) is 23.7 Å². The van der Waals surface area contributed by atoms with Crippen LogP contribution in [0.15, 0.2) is 0 Å². The van der Waals surface area contributed by atoms with Crippen LogP contribution in [0.1, 0.15) is 32.1 Å². The van der Waals surface area contributed by atoms with E-state index in [1.54, 1.807) is 0 Å². The number of hydrogen-bond acceptors (Lipinski definition) is 16. The fourth-order valence-electron chi connectivity index (χ4n) is 3.38. The van der Waals surface area contributed by atoms with Crippen LogP contribution in [0.5, 0.6) is 0 Å². The van der Waals surface area contributed by atoms with E-state index < -0.39 is 57.4 Å². The van der Waals surface area contributed by atoms with Gasteiger partial charge in [-0.25, -0.2) is 9.59 Å². The number of carbonyl (C=O) groups excluding carboxylic acids is 6. The normalized spacial score (nSPS) is 17.2. The summed E-state index contributed by atoms with van der Waals surface area (Å²) in [5, 5.41) is -1.47. The van der Waals surface area contributed by atoms with Crippen LogP contribution in [0.4, 0.5) is 0 Å². The van der Waals surface area contributed by atoms with E-state index in [0.717, 1.165) is 0 Å². The van der Waals surface area contributed by atoms with Crippen molar-refractivity contribution in [1.29, 1.82) is 0 Å². The van der Waals surface area contributed by atoms with Gasteiger partial charge in [0.15, 0.2) is 5.25 Å². The molecule has 0 aromatic heterocycles. The minimum absolute atomic E-state index is 0.0289. The zero-order chi connectivity index (χ0) is 32.4. The first-order chi connectivity index (χ1) is 21.0. The average molecular weight is 657 g/mol. The molecule has 0 spiro atoms. The maximum absolute atomic E-state index is 11.8. The Balaban J connectivity index is 1.29. The Bertz CT molecular complexity index is 1080. The Morgan fingerprint density at radius 1 is 0.591 bits per heavy atom. The van der Waals surface area contributed by atoms with Gasteiger partial charge in [-0.15, -0.1) is 10.1 Å². The number of hydrogen-bond donors (Lipinski definition) is 1. The van der Waals surface area contributed by atoms with Crippen LogP contribution in [-0.4, -0.2) is 143 Å². The third-order valence-electron chi connectivity index (χ3n) is 5.57. The van der Waals surface area contributed by atoms with Crippen molar-refractivity contribution in [3.05, 3.63) is 0 Å². The van der Waals surface area contributed by atoms with Crippen molar-refractivity contribution in [1.82, 2.24) is 10.1 Å². The van der Waals surface area contributed by atoms with Gasteiger partial charge in [-0.1, -0.05) is 0 Å². The van der Waals surface area contributed by atoms with Crippen molar-refractivity contribution >= 4 is 45.7 Å². The van der Waals surface area contributed by atoms with Crippen LogP contribution in [0.25, 0.3) is 0 Å². The molecule has 2 fully saturated rings. The molecule has 20 heteroatoms. The summed E-state index contributed by atoms with van der Waals surface area (Å²) in [4.78, 5) is 78.8. The summed E-state index contributed by atoms with van der Waals surface area (Å²) < 4.78 is 62.8. The molecule has 44 heavy (non-hydrogen) atoms. The lowest BCUT2D eigenvalue weighted by Gasteiger charge is -2.13. The maximum atomic E-state index is 11.8. The second kappa shape index (κ2) is 20.0. The lowest BCUT2D eigenvalue weighted by atomic mass is 10.4. The molecule has 2 saturated heterocycles. The van der Waals surface area contributed by atoms with Crippen molar-refractivity contribution in [3.8, 4) is 0 Å². The lowest BCUT2D eigenvalue weighted by Crippen LogP contribution is -2.36. The molecule has 0 aliphatic carbocycles. The zero-order valence-electron chi connectivity index (χ0n) is 23.9. The molecule has 0 aromatic carbocycles. The highest BCUT2D eigenvalue weighted by Gasteiger charge is 2.48. The molecule has 2 aliphatic heterocycles. The van der Waals surface area contributed by atoms with Gasteiger partial charge in [0.25, 0.3) is 33.7 Å². The van der Waals surface area contributed by atoms with E-state index in [4.69, 9.17) is 37.8 Å². The first-order valence-corrected chi connectivity index (χ1v) is 15.1. The summed E-state index contributed by atoms with van der Waals surface area (Å²) in [6.07, 6.45) is -1.18. The fourth-order valence-corrected chi connectivity index (χ4v) is 4.08. The lowest BCUT2D eigenvalue weighted by molar-refractivity contribution is -0.198. The number of rotatable bonds is 24. The Morgan fingerprint density at radius 3 is 1.27 bits per heavy atom. The summed E-state index contributed by atoms with van der Waals surface area (Å²) in [6, 6.07) is 0. The number of ether oxygens (including phenoxy) is 6. The molecule has 0 bridgehead atoms. The number of nitrogens with zero attached hydrogens (tertiary/aromatic N) is 2. The van der Waals surface area contributed by atoms with Gasteiger partial charge in [0, 0.05) is 12.8 Å². The van der Waals surface area contributed by atoms with Gasteiger partial charge < -0.3 is 38.1 Å². The molecule has 1 atom stereocenters. The molecule has 2 rings (SSSR count). The molecule has 250 valence electrons. The van der Waals surface area contributed by atoms with Crippen LogP contribution < -0.4 is 0 Å². The predicted octanol–water partition coefficient (Wildman–Crippen LogP) is -2.05. The van der Waals surface area contributed by atoms with Crippen molar-refractivity contribution in [2.45, 2.75) is 37.4 Å². The van der Waals surface area contributed by atoms with Crippen molar-refractivity contribution < 1.29 is 79.8 Å². The molecular weight excluding hydrogens is 620 g/mol. The second-order valence-corrected chi connectivity index (χ2v) is 10.5. The van der Waals surface area contributed by atoms with E-state index in [9.17, 15) is 37.2 Å². The molecule has 0 aromatic rings. The molecule has 4 amide bonds. The molecule has 1 unspecified atom stereocenters. The van der Waals surface area contributed by atoms with E-state index in [0.29, 0.717) is 38.1 Å². The van der Waals surface area contributed by atoms with Crippen LogP contribution in [0.3, 0.4) is 0 Å². The van der Waals surface area contributed by atoms with Gasteiger partial charge in [0.1, 0.15) is 0 Å². The first kappa shape index (κ1) is 37.1. The number of carbonyl (C=O) groups is 6. The van der Waals surface area contributed by atoms with E-state index >= 15 is 0 Å². The first-order valence-electron chi connectivity index (χ1n) is 13.6. The van der Waals surface area contributed by atoms with E-state index in [1.807, 2.05) is 0 Å². The average Bonchev–Trinajstić information content (AvgIpc) is 3.44. The summed E-state index contributed by atoms with van der Waals surface area (Å²) in [5.41, 5.74) is 0. The molecule has 19 nitrogen and oxygen atoms in total. The van der Waals surface area contributed by atoms with E-state index in [2.05, 4.69) is 4.84 Å². The second-order valence-electron chi connectivity index (χ2n) is 8.92. The number of imide groups is 2. The highest BCUT2D eigenvalue weighted by atomic mass is 32.2. The van der Waals surface area contributed by atoms with Crippen molar-refractivity contribution in [2.24, 2.45) is 0 Å². The van der Waals surface area contributed by atoms with E-state index in [-0.39, 0.29) is 77.0 Å². The van der Waals surface area contributed by atoms with Crippen LogP contribution in [0, 0.1) is 0 Å². The smallest absolute Gasteiger partial charge is 0.335 e.